The molecule has 74 valence electrons. The van der Waals surface area contributed by atoms with Gasteiger partial charge in [0.2, 0.25) is 0 Å². The van der Waals surface area contributed by atoms with Gasteiger partial charge in [-0.1, -0.05) is 24.3 Å². The molecule has 0 bridgehead atoms. The van der Waals surface area contributed by atoms with Crippen LogP contribution in [0.1, 0.15) is 5.56 Å². The molecule has 0 amide bonds. The molecule has 0 saturated carbocycles. The highest BCUT2D eigenvalue weighted by atomic mass is 14.7. The van der Waals surface area contributed by atoms with Gasteiger partial charge in [0, 0.05) is 10.8 Å². The van der Waals surface area contributed by atoms with Crippen molar-refractivity contribution < 1.29 is 0 Å². The first kappa shape index (κ1) is 8.87. The predicted molar refractivity (Wildman–Crippen MR) is 64.0 cm³/mol. The number of aromatic nitrogens is 1. The summed E-state index contributed by atoms with van der Waals surface area (Å²) in [5.74, 6) is 0. The molecule has 2 heteroatoms. The highest BCUT2D eigenvalue weighted by molar-refractivity contribution is 5.96. The molecule has 16 heavy (non-hydrogen) atoms. The summed E-state index contributed by atoms with van der Waals surface area (Å²) < 4.78 is 0. The molecule has 0 fully saturated rings. The Balaban J connectivity index is 2.51. The van der Waals surface area contributed by atoms with Crippen LogP contribution in [-0.2, 0) is 0 Å². The van der Waals surface area contributed by atoms with Gasteiger partial charge in [-0.3, -0.25) is 0 Å². The molecule has 3 rings (SSSR count). The van der Waals surface area contributed by atoms with Crippen LogP contribution in [0.2, 0.25) is 0 Å². The van der Waals surface area contributed by atoms with Crippen LogP contribution in [0.15, 0.2) is 48.5 Å². The van der Waals surface area contributed by atoms with Crippen molar-refractivity contribution in [3.8, 4) is 6.07 Å². The van der Waals surface area contributed by atoms with Crippen LogP contribution < -0.4 is 0 Å². The second-order valence-corrected chi connectivity index (χ2v) is 3.67. The van der Waals surface area contributed by atoms with E-state index in [0.717, 1.165) is 21.8 Å². The minimum atomic E-state index is 0.691. The van der Waals surface area contributed by atoms with Crippen LogP contribution >= 0.6 is 0 Å². The van der Waals surface area contributed by atoms with Crippen LogP contribution in [0, 0.1) is 11.3 Å². The van der Waals surface area contributed by atoms with Crippen molar-refractivity contribution in [2.45, 2.75) is 0 Å². The van der Waals surface area contributed by atoms with Gasteiger partial charge in [0.15, 0.2) is 0 Å². The highest BCUT2D eigenvalue weighted by Gasteiger charge is 2.04. The minimum Gasteiger partial charge on any atom is -0.248 e. The number of nitriles is 1. The molecule has 2 aromatic carbocycles. The van der Waals surface area contributed by atoms with Crippen molar-refractivity contribution >= 4 is 21.8 Å². The molecule has 0 saturated heterocycles. The molecule has 0 radical (unpaired) electrons. The Labute approximate surface area is 92.8 Å². The first-order valence-electron chi connectivity index (χ1n) is 5.07. The van der Waals surface area contributed by atoms with Crippen molar-refractivity contribution in [3.63, 3.8) is 0 Å². The van der Waals surface area contributed by atoms with Gasteiger partial charge in [-0.25, -0.2) is 4.98 Å². The van der Waals surface area contributed by atoms with Crippen LogP contribution in [0.5, 0.6) is 0 Å². The number of hydrogen-bond acceptors (Lipinski definition) is 2. The number of hydrogen-bond donors (Lipinski definition) is 0. The SMILES string of the molecule is N#Cc1ccc2nc3cccccc3cc12. The fourth-order valence-corrected chi connectivity index (χ4v) is 1.89. The Morgan fingerprint density at radius 1 is 0.938 bits per heavy atom. The molecule has 0 atom stereocenters. The normalized spacial score (nSPS) is 10.4. The van der Waals surface area contributed by atoms with Crippen molar-refractivity contribution in [1.82, 2.24) is 4.98 Å². The van der Waals surface area contributed by atoms with Gasteiger partial charge in [0.05, 0.1) is 22.7 Å². The van der Waals surface area contributed by atoms with Crippen LogP contribution in [-0.4, -0.2) is 4.98 Å². The standard InChI is InChI=1S/C14H8N2/c15-9-11-6-7-14-12(11)8-10-4-2-1-3-5-13(10)16-14/h1-8H. The fraction of sp³-hybridized carbons (Fsp3) is 0. The van der Waals surface area contributed by atoms with Crippen LogP contribution in [0.25, 0.3) is 21.8 Å². The summed E-state index contributed by atoms with van der Waals surface area (Å²) in [6.45, 7) is 0. The van der Waals surface area contributed by atoms with E-state index in [-0.39, 0.29) is 0 Å². The van der Waals surface area contributed by atoms with Gasteiger partial charge in [0.1, 0.15) is 0 Å². The summed E-state index contributed by atoms with van der Waals surface area (Å²) in [6, 6.07) is 17.8. The molecule has 2 nitrogen and oxygen atoms in total. The molecule has 1 heterocycles. The Morgan fingerprint density at radius 3 is 2.69 bits per heavy atom. The minimum absolute atomic E-state index is 0.691. The lowest BCUT2D eigenvalue weighted by molar-refractivity contribution is 1.51. The average molecular weight is 204 g/mol. The summed E-state index contributed by atoms with van der Waals surface area (Å²) in [4.78, 5) is 4.54. The van der Waals surface area contributed by atoms with E-state index in [1.54, 1.807) is 0 Å². The number of nitrogens with zero attached hydrogens (tertiary/aromatic N) is 2. The maximum Gasteiger partial charge on any atom is 0.0998 e. The summed E-state index contributed by atoms with van der Waals surface area (Å²) >= 11 is 0. The molecule has 0 aliphatic carbocycles. The lowest BCUT2D eigenvalue weighted by atomic mass is 10.2. The summed E-state index contributed by atoms with van der Waals surface area (Å²) in [5.41, 5.74) is 2.53. The molecule has 0 unspecified atom stereocenters. The highest BCUT2D eigenvalue weighted by Crippen LogP contribution is 2.23. The molecular formula is C14H8N2. The third-order valence-corrected chi connectivity index (χ3v) is 2.68. The maximum absolute atomic E-state index is 8.97. The van der Waals surface area contributed by atoms with Gasteiger partial charge in [0.25, 0.3) is 0 Å². The van der Waals surface area contributed by atoms with Crippen LogP contribution in [0.3, 0.4) is 0 Å². The van der Waals surface area contributed by atoms with Gasteiger partial charge >= 0.3 is 0 Å². The second-order valence-electron chi connectivity index (χ2n) is 3.67. The zero-order chi connectivity index (χ0) is 11.0. The van der Waals surface area contributed by atoms with Crippen molar-refractivity contribution in [1.29, 1.82) is 5.26 Å². The number of fused-ring (bicyclic) bond motifs is 2. The lowest BCUT2D eigenvalue weighted by Gasteiger charge is -1.94. The van der Waals surface area contributed by atoms with Crippen LogP contribution in [0.4, 0.5) is 0 Å². The van der Waals surface area contributed by atoms with Gasteiger partial charge < -0.3 is 0 Å². The Morgan fingerprint density at radius 2 is 1.81 bits per heavy atom. The Bertz CT molecular complexity index is 723. The monoisotopic (exact) mass is 204 g/mol. The third-order valence-electron chi connectivity index (χ3n) is 2.68. The van der Waals surface area contributed by atoms with E-state index in [9.17, 15) is 0 Å². The fourth-order valence-electron chi connectivity index (χ4n) is 1.89. The Kier molecular flexibility index (Phi) is 1.84. The first-order valence-corrected chi connectivity index (χ1v) is 5.07. The molecule has 0 N–H and O–H groups in total. The summed E-state index contributed by atoms with van der Waals surface area (Å²) in [6.07, 6.45) is 0. The van der Waals surface area contributed by atoms with Gasteiger partial charge in [-0.05, 0) is 24.3 Å². The first-order chi connectivity index (χ1) is 7.88. The average Bonchev–Trinajstić information content (AvgIpc) is 2.55. The van der Waals surface area contributed by atoms with Crippen molar-refractivity contribution in [2.24, 2.45) is 0 Å². The lowest BCUT2D eigenvalue weighted by Crippen LogP contribution is -1.77. The van der Waals surface area contributed by atoms with E-state index in [1.807, 2.05) is 48.5 Å². The molecular weight excluding hydrogens is 196 g/mol. The Hall–Kier alpha value is -2.40. The molecule has 0 aliphatic rings. The molecule has 0 aliphatic heterocycles. The topological polar surface area (TPSA) is 36.7 Å². The third kappa shape index (κ3) is 1.23. The quantitative estimate of drug-likeness (QED) is 0.563. The summed E-state index contributed by atoms with van der Waals surface area (Å²) in [7, 11) is 0. The predicted octanol–water partition coefficient (Wildman–Crippen LogP) is 3.26. The summed E-state index contributed by atoms with van der Waals surface area (Å²) in [5, 5.41) is 11.0. The van der Waals surface area contributed by atoms with Gasteiger partial charge in [-0.15, -0.1) is 0 Å². The van der Waals surface area contributed by atoms with Crippen molar-refractivity contribution in [2.75, 3.05) is 0 Å². The second kappa shape index (κ2) is 3.32. The number of rotatable bonds is 0. The smallest absolute Gasteiger partial charge is 0.0998 e. The van der Waals surface area contributed by atoms with E-state index in [1.165, 1.54) is 0 Å². The molecule has 3 aromatic rings. The maximum atomic E-state index is 8.97. The van der Waals surface area contributed by atoms with Gasteiger partial charge in [-0.2, -0.15) is 5.26 Å². The van der Waals surface area contributed by atoms with E-state index >= 15 is 0 Å². The van der Waals surface area contributed by atoms with E-state index in [0.29, 0.717) is 5.56 Å². The molecule has 1 aromatic heterocycles. The largest absolute Gasteiger partial charge is 0.248 e. The van der Waals surface area contributed by atoms with Crippen molar-refractivity contribution in [3.05, 3.63) is 54.1 Å². The zero-order valence-electron chi connectivity index (χ0n) is 8.51. The zero-order valence-corrected chi connectivity index (χ0v) is 8.51. The van der Waals surface area contributed by atoms with E-state index < -0.39 is 0 Å². The van der Waals surface area contributed by atoms with E-state index in [4.69, 9.17) is 5.26 Å². The number of pyridine rings is 1. The molecule has 0 spiro atoms. The van der Waals surface area contributed by atoms with E-state index in [2.05, 4.69) is 11.1 Å².